The largest absolute Gasteiger partial charge is 0.490 e. The lowest BCUT2D eigenvalue weighted by Crippen LogP contribution is -2.44. The minimum atomic E-state index is -0.507. The number of pyridine rings is 1. The number of nitrogens with one attached hydrogen (secondary N) is 2. The maximum absolute atomic E-state index is 13.0. The van der Waals surface area contributed by atoms with Gasteiger partial charge < -0.3 is 15.0 Å². The number of likely N-dealkylation sites (tertiary alicyclic amines) is 1. The number of hydrogen-bond acceptors (Lipinski definition) is 6. The topological polar surface area (TPSA) is 104 Å². The van der Waals surface area contributed by atoms with E-state index in [0.717, 1.165) is 62.9 Å². The van der Waals surface area contributed by atoms with E-state index in [1.807, 2.05) is 19.1 Å². The predicted octanol–water partition coefficient (Wildman–Crippen LogP) is 3.20. The lowest BCUT2D eigenvalue weighted by atomic mass is 9.79. The summed E-state index contributed by atoms with van der Waals surface area (Å²) < 4.78 is 6.22. The Morgan fingerprint density at radius 1 is 1.21 bits per heavy atom. The van der Waals surface area contributed by atoms with Gasteiger partial charge in [0.15, 0.2) is 0 Å². The van der Waals surface area contributed by atoms with Gasteiger partial charge in [-0.1, -0.05) is 19.9 Å². The first-order valence-corrected chi connectivity index (χ1v) is 11.6. The second-order valence-corrected chi connectivity index (χ2v) is 9.23. The minimum absolute atomic E-state index is 0.00291. The average Bonchev–Trinajstić information content (AvgIpc) is 2.84. The highest BCUT2D eigenvalue weighted by Gasteiger charge is 2.36. The van der Waals surface area contributed by atoms with E-state index in [4.69, 9.17) is 9.94 Å². The van der Waals surface area contributed by atoms with Crippen LogP contribution in [0, 0.1) is 5.41 Å². The molecule has 2 aliphatic rings. The van der Waals surface area contributed by atoms with E-state index in [-0.39, 0.29) is 17.4 Å². The number of carbonyl (C=O) groups excluding carboxylic acids is 2. The number of fused-ring (bicyclic) bond motifs is 1. The molecule has 4 rings (SSSR count). The number of piperidine rings is 1. The quantitative estimate of drug-likeness (QED) is 0.459. The zero-order valence-electron chi connectivity index (χ0n) is 19.3. The van der Waals surface area contributed by atoms with Crippen LogP contribution in [0.25, 0.3) is 0 Å². The molecule has 1 saturated heterocycles. The SMILES string of the molecule is CCN1CCC(C)(C(=O)Nc2cc(OC3CCc4cc(C(=O)NO)ccc4C3)ccn2)CC1. The first-order valence-electron chi connectivity index (χ1n) is 11.6. The van der Waals surface area contributed by atoms with E-state index in [1.165, 1.54) is 0 Å². The van der Waals surface area contributed by atoms with Gasteiger partial charge in [-0.3, -0.25) is 14.8 Å². The van der Waals surface area contributed by atoms with Crippen molar-refractivity contribution in [1.82, 2.24) is 15.4 Å². The van der Waals surface area contributed by atoms with Gasteiger partial charge in [0.25, 0.3) is 5.91 Å². The number of carbonyl (C=O) groups is 2. The summed E-state index contributed by atoms with van der Waals surface area (Å²) in [5.41, 5.74) is 3.96. The third-order valence-electron chi connectivity index (χ3n) is 6.98. The van der Waals surface area contributed by atoms with Gasteiger partial charge in [-0.15, -0.1) is 0 Å². The number of aryl methyl sites for hydroxylation is 1. The van der Waals surface area contributed by atoms with Crippen molar-refractivity contribution in [2.24, 2.45) is 5.41 Å². The molecule has 2 heterocycles. The highest BCUT2D eigenvalue weighted by molar-refractivity contribution is 5.94. The van der Waals surface area contributed by atoms with Gasteiger partial charge in [-0.2, -0.15) is 0 Å². The average molecular weight is 453 g/mol. The fraction of sp³-hybridized carbons (Fsp3) is 0.480. The van der Waals surface area contributed by atoms with Crippen LogP contribution >= 0.6 is 0 Å². The third-order valence-corrected chi connectivity index (χ3v) is 6.98. The fourth-order valence-corrected chi connectivity index (χ4v) is 4.63. The van der Waals surface area contributed by atoms with Crippen molar-refractivity contribution in [3.8, 4) is 5.75 Å². The fourth-order valence-electron chi connectivity index (χ4n) is 4.63. The number of aromatic nitrogens is 1. The van der Waals surface area contributed by atoms with Crippen LogP contribution in [0.2, 0.25) is 0 Å². The number of hydroxylamine groups is 1. The first kappa shape index (κ1) is 23.2. The summed E-state index contributed by atoms with van der Waals surface area (Å²) >= 11 is 0. The lowest BCUT2D eigenvalue weighted by Gasteiger charge is -2.37. The maximum atomic E-state index is 13.0. The van der Waals surface area contributed by atoms with Gasteiger partial charge in [0.05, 0.1) is 0 Å². The summed E-state index contributed by atoms with van der Waals surface area (Å²) in [7, 11) is 0. The van der Waals surface area contributed by atoms with E-state index < -0.39 is 5.91 Å². The summed E-state index contributed by atoms with van der Waals surface area (Å²) in [5.74, 6) is 0.688. The van der Waals surface area contributed by atoms with Crippen LogP contribution in [0.1, 0.15) is 54.6 Å². The summed E-state index contributed by atoms with van der Waals surface area (Å²) in [4.78, 5) is 31.3. The third kappa shape index (κ3) is 5.34. The van der Waals surface area contributed by atoms with Crippen molar-refractivity contribution >= 4 is 17.6 Å². The van der Waals surface area contributed by atoms with Crippen LogP contribution < -0.4 is 15.5 Å². The van der Waals surface area contributed by atoms with Crippen LogP contribution in [0.4, 0.5) is 5.82 Å². The number of ether oxygens (including phenoxy) is 1. The van der Waals surface area contributed by atoms with E-state index >= 15 is 0 Å². The molecule has 33 heavy (non-hydrogen) atoms. The Labute approximate surface area is 194 Å². The molecular formula is C25H32N4O4. The Hall–Kier alpha value is -2.97. The Balaban J connectivity index is 1.37. The number of nitrogens with zero attached hydrogens (tertiary/aromatic N) is 2. The molecule has 0 saturated carbocycles. The van der Waals surface area contributed by atoms with Crippen LogP contribution in [0.5, 0.6) is 5.75 Å². The second kappa shape index (κ2) is 9.89. The molecule has 1 aliphatic heterocycles. The minimum Gasteiger partial charge on any atom is -0.490 e. The van der Waals surface area contributed by atoms with Crippen LogP contribution in [-0.2, 0) is 17.6 Å². The van der Waals surface area contributed by atoms with Crippen molar-refractivity contribution in [3.63, 3.8) is 0 Å². The summed E-state index contributed by atoms with van der Waals surface area (Å²) in [6.07, 6.45) is 5.66. The molecule has 1 fully saturated rings. The van der Waals surface area contributed by atoms with E-state index in [2.05, 4.69) is 22.1 Å². The van der Waals surface area contributed by atoms with Crippen molar-refractivity contribution in [1.29, 1.82) is 0 Å². The summed E-state index contributed by atoms with van der Waals surface area (Å²) in [5, 5.41) is 11.8. The molecule has 3 N–H and O–H groups in total. The number of hydrogen-bond donors (Lipinski definition) is 3. The molecule has 176 valence electrons. The van der Waals surface area contributed by atoms with Gasteiger partial charge in [-0.25, -0.2) is 10.5 Å². The Morgan fingerprint density at radius 3 is 2.73 bits per heavy atom. The zero-order valence-corrected chi connectivity index (χ0v) is 19.3. The normalized spacial score (nSPS) is 19.9. The molecule has 1 aromatic carbocycles. The summed E-state index contributed by atoms with van der Waals surface area (Å²) in [6.45, 7) is 7.07. The number of rotatable bonds is 6. The Bertz CT molecular complexity index is 1020. The number of benzene rings is 1. The predicted molar refractivity (Wildman–Crippen MR) is 124 cm³/mol. The Morgan fingerprint density at radius 2 is 2.00 bits per heavy atom. The van der Waals surface area contributed by atoms with E-state index in [1.54, 1.807) is 29.9 Å². The van der Waals surface area contributed by atoms with Gasteiger partial charge >= 0.3 is 0 Å². The molecule has 0 radical (unpaired) electrons. The Kier molecular flexibility index (Phi) is 6.95. The van der Waals surface area contributed by atoms with Gasteiger partial charge in [0.1, 0.15) is 17.7 Å². The van der Waals surface area contributed by atoms with Gasteiger partial charge in [0, 0.05) is 29.7 Å². The molecule has 1 unspecified atom stereocenters. The van der Waals surface area contributed by atoms with Gasteiger partial charge in [-0.05, 0) is 74.6 Å². The van der Waals surface area contributed by atoms with E-state index in [0.29, 0.717) is 17.1 Å². The molecule has 1 aromatic heterocycles. The first-order chi connectivity index (χ1) is 15.9. The zero-order chi connectivity index (χ0) is 23.4. The highest BCUT2D eigenvalue weighted by atomic mass is 16.5. The molecule has 2 aromatic rings. The molecular weight excluding hydrogens is 420 g/mol. The van der Waals surface area contributed by atoms with Crippen LogP contribution in [-0.4, -0.2) is 52.6 Å². The van der Waals surface area contributed by atoms with Crippen LogP contribution in [0.15, 0.2) is 36.5 Å². The van der Waals surface area contributed by atoms with Gasteiger partial charge in [0.2, 0.25) is 5.91 Å². The smallest absolute Gasteiger partial charge is 0.274 e. The molecule has 2 amide bonds. The van der Waals surface area contributed by atoms with Crippen LogP contribution in [0.3, 0.4) is 0 Å². The highest BCUT2D eigenvalue weighted by Crippen LogP contribution is 2.32. The molecule has 1 aliphatic carbocycles. The molecule has 8 heteroatoms. The second-order valence-electron chi connectivity index (χ2n) is 9.23. The molecule has 8 nitrogen and oxygen atoms in total. The lowest BCUT2D eigenvalue weighted by molar-refractivity contribution is -0.127. The molecule has 0 spiro atoms. The van der Waals surface area contributed by atoms with Crippen molar-refractivity contribution in [3.05, 3.63) is 53.2 Å². The van der Waals surface area contributed by atoms with Crippen molar-refractivity contribution in [2.45, 2.75) is 52.1 Å². The number of amides is 2. The summed E-state index contributed by atoms with van der Waals surface area (Å²) in [6, 6.07) is 9.03. The molecule has 1 atom stereocenters. The van der Waals surface area contributed by atoms with Crippen molar-refractivity contribution < 1.29 is 19.5 Å². The van der Waals surface area contributed by atoms with E-state index in [9.17, 15) is 9.59 Å². The maximum Gasteiger partial charge on any atom is 0.274 e. The molecule has 0 bridgehead atoms. The standard InChI is InChI=1S/C25H32N4O4/c1-3-29-12-9-25(2,10-13-29)24(31)27-22-16-21(8-11-26-22)33-20-7-6-17-14-19(23(30)28-32)5-4-18(17)15-20/h4-5,8,11,14,16,20,32H,3,6-7,9-10,12-13,15H2,1-2H3,(H,28,30)(H,26,27,31). The number of anilines is 1. The monoisotopic (exact) mass is 452 g/mol. The van der Waals surface area contributed by atoms with Crippen molar-refractivity contribution in [2.75, 3.05) is 25.0 Å².